The molecule has 0 atom stereocenters. The van der Waals surface area contributed by atoms with E-state index in [0.29, 0.717) is 6.61 Å². The first kappa shape index (κ1) is 18.8. The van der Waals surface area contributed by atoms with Gasteiger partial charge in [-0.05, 0) is 12.5 Å². The van der Waals surface area contributed by atoms with Crippen LogP contribution in [0.3, 0.4) is 0 Å². The maximum Gasteiger partial charge on any atom is 0.408 e. The highest BCUT2D eigenvalue weighted by molar-refractivity contribution is 7.99. The summed E-state index contributed by atoms with van der Waals surface area (Å²) in [6, 6.07) is 1.53. The van der Waals surface area contributed by atoms with Crippen LogP contribution >= 0.6 is 11.8 Å². The van der Waals surface area contributed by atoms with E-state index in [1.165, 1.54) is 12.3 Å². The zero-order valence-electron chi connectivity index (χ0n) is 13.0. The van der Waals surface area contributed by atoms with E-state index in [1.807, 2.05) is 0 Å². The van der Waals surface area contributed by atoms with Crippen molar-refractivity contribution in [3.63, 3.8) is 0 Å². The van der Waals surface area contributed by atoms with E-state index < -0.39 is 18.7 Å². The smallest absolute Gasteiger partial charge is 0.408 e. The fourth-order valence-corrected chi connectivity index (χ4v) is 2.29. The number of imidazole rings is 1. The topological polar surface area (TPSA) is 114 Å². The van der Waals surface area contributed by atoms with Gasteiger partial charge < -0.3 is 20.8 Å². The molecular formula is C13H16F3N7OS. The molecule has 2 heterocycles. The van der Waals surface area contributed by atoms with Crippen molar-refractivity contribution in [1.29, 1.82) is 0 Å². The molecule has 25 heavy (non-hydrogen) atoms. The minimum Gasteiger partial charge on any atom is -0.463 e. The number of guanidine groups is 1. The Hall–Kier alpha value is -2.50. The van der Waals surface area contributed by atoms with Crippen LogP contribution in [0, 0.1) is 0 Å². The van der Waals surface area contributed by atoms with Crippen molar-refractivity contribution >= 4 is 23.5 Å². The van der Waals surface area contributed by atoms with Crippen LogP contribution in [0.25, 0.3) is 0 Å². The van der Waals surface area contributed by atoms with E-state index in [4.69, 9.17) is 10.5 Å². The van der Waals surface area contributed by atoms with Crippen LogP contribution in [0.2, 0.25) is 0 Å². The number of hydrogen-bond donors (Lipinski definition) is 3. The molecule has 2 aromatic heterocycles. The summed E-state index contributed by atoms with van der Waals surface area (Å²) in [5, 5.41) is 3.28. The lowest BCUT2D eigenvalue weighted by molar-refractivity contribution is -0.118. The number of alkyl halides is 3. The minimum absolute atomic E-state index is 0.0941. The molecule has 0 aliphatic carbocycles. The van der Waals surface area contributed by atoms with E-state index in [0.717, 1.165) is 17.3 Å². The monoisotopic (exact) mass is 375 g/mol. The van der Waals surface area contributed by atoms with Gasteiger partial charge in [0.25, 0.3) is 0 Å². The van der Waals surface area contributed by atoms with Gasteiger partial charge in [0.05, 0.1) is 6.61 Å². The first-order valence-corrected chi connectivity index (χ1v) is 8.13. The van der Waals surface area contributed by atoms with E-state index in [1.54, 1.807) is 24.2 Å². The minimum atomic E-state index is -4.42. The van der Waals surface area contributed by atoms with Gasteiger partial charge in [0, 0.05) is 24.3 Å². The molecule has 0 fully saturated rings. The molecule has 0 spiro atoms. The summed E-state index contributed by atoms with van der Waals surface area (Å²) in [5.74, 6) is 0.595. The molecule has 12 heteroatoms. The van der Waals surface area contributed by atoms with Gasteiger partial charge in [-0.1, -0.05) is 11.8 Å². The summed E-state index contributed by atoms with van der Waals surface area (Å²) in [5.41, 5.74) is 5.38. The zero-order valence-corrected chi connectivity index (χ0v) is 13.8. The fraction of sp³-hybridized carbons (Fsp3) is 0.385. The van der Waals surface area contributed by atoms with Crippen LogP contribution in [0.4, 0.5) is 19.0 Å². The number of nitrogens with one attached hydrogen (secondary N) is 2. The van der Waals surface area contributed by atoms with Gasteiger partial charge in [0.1, 0.15) is 12.4 Å². The molecule has 0 amide bonds. The summed E-state index contributed by atoms with van der Waals surface area (Å²) in [7, 11) is 0. The van der Waals surface area contributed by atoms with Crippen molar-refractivity contribution in [2.24, 2.45) is 10.7 Å². The molecule has 0 aliphatic heterocycles. The first-order chi connectivity index (χ1) is 11.9. The summed E-state index contributed by atoms with van der Waals surface area (Å²) < 4.78 is 41.6. The second-order valence-electron chi connectivity index (χ2n) is 4.61. The molecule has 2 rings (SSSR count). The second-order valence-corrected chi connectivity index (χ2v) is 5.69. The summed E-state index contributed by atoms with van der Waals surface area (Å²) >= 11 is 1.56. The van der Waals surface area contributed by atoms with Crippen LogP contribution in [0.5, 0.6) is 6.01 Å². The predicted octanol–water partition coefficient (Wildman–Crippen LogP) is 2.05. The third-order valence-corrected chi connectivity index (χ3v) is 3.54. The largest absolute Gasteiger partial charge is 0.463 e. The average molecular weight is 375 g/mol. The summed E-state index contributed by atoms with van der Waals surface area (Å²) in [4.78, 5) is 18.1. The number of nitrogens with zero attached hydrogens (tertiary/aromatic N) is 4. The number of halogens is 3. The van der Waals surface area contributed by atoms with Crippen LogP contribution in [-0.2, 0) is 0 Å². The molecule has 0 bridgehead atoms. The molecular weight excluding hydrogens is 359 g/mol. The van der Waals surface area contributed by atoms with Gasteiger partial charge in [-0.15, -0.1) is 0 Å². The van der Waals surface area contributed by atoms with Crippen LogP contribution in [-0.4, -0.2) is 51.0 Å². The van der Waals surface area contributed by atoms with E-state index in [-0.39, 0.29) is 11.8 Å². The number of thioether (sulfide) groups is 1. The first-order valence-electron chi connectivity index (χ1n) is 7.14. The Morgan fingerprint density at radius 1 is 1.36 bits per heavy atom. The number of aliphatic imine (C=N–C) groups is 1. The maximum atomic E-state index is 12.1. The Morgan fingerprint density at radius 2 is 2.20 bits per heavy atom. The summed E-state index contributed by atoms with van der Waals surface area (Å²) in [6.45, 7) is -0.984. The third-order valence-electron chi connectivity index (χ3n) is 2.55. The predicted molar refractivity (Wildman–Crippen MR) is 87.6 cm³/mol. The SMILES string of the molecule is NC(=NCC(F)(F)F)Nc1ccnc(OCCCSc2ncc[nH]2)n1. The average Bonchev–Trinajstić information content (AvgIpc) is 3.06. The number of aromatic nitrogens is 4. The Bertz CT molecular complexity index is 679. The molecule has 0 saturated carbocycles. The third kappa shape index (κ3) is 7.74. The molecule has 2 aromatic rings. The van der Waals surface area contributed by atoms with Crippen molar-refractivity contribution in [2.75, 3.05) is 24.2 Å². The number of ether oxygens (including phenoxy) is 1. The van der Waals surface area contributed by atoms with E-state index in [2.05, 4.69) is 30.2 Å². The molecule has 0 aromatic carbocycles. The van der Waals surface area contributed by atoms with Crippen molar-refractivity contribution in [3.05, 3.63) is 24.7 Å². The van der Waals surface area contributed by atoms with Crippen molar-refractivity contribution in [2.45, 2.75) is 17.8 Å². The van der Waals surface area contributed by atoms with E-state index >= 15 is 0 Å². The van der Waals surface area contributed by atoms with Gasteiger partial charge in [0.15, 0.2) is 11.1 Å². The highest BCUT2D eigenvalue weighted by Crippen LogP contribution is 2.15. The van der Waals surface area contributed by atoms with Crippen LogP contribution in [0.1, 0.15) is 6.42 Å². The Balaban J connectivity index is 1.74. The van der Waals surface area contributed by atoms with Crippen molar-refractivity contribution < 1.29 is 17.9 Å². The number of rotatable bonds is 8. The van der Waals surface area contributed by atoms with E-state index in [9.17, 15) is 13.2 Å². The van der Waals surface area contributed by atoms with Gasteiger partial charge in [-0.3, -0.25) is 0 Å². The quantitative estimate of drug-likeness (QED) is 0.280. The van der Waals surface area contributed by atoms with Gasteiger partial charge in [-0.2, -0.15) is 18.2 Å². The lowest BCUT2D eigenvalue weighted by atomic mass is 10.5. The van der Waals surface area contributed by atoms with Crippen molar-refractivity contribution in [1.82, 2.24) is 19.9 Å². The molecule has 0 unspecified atom stereocenters. The Labute approximate surface area is 145 Å². The molecule has 0 radical (unpaired) electrons. The number of nitrogens with two attached hydrogens (primary N) is 1. The number of anilines is 1. The molecule has 4 N–H and O–H groups in total. The maximum absolute atomic E-state index is 12.1. The lowest BCUT2D eigenvalue weighted by Crippen LogP contribution is -2.26. The van der Waals surface area contributed by atoms with Gasteiger partial charge >= 0.3 is 12.2 Å². The van der Waals surface area contributed by atoms with Crippen molar-refractivity contribution in [3.8, 4) is 6.01 Å². The second kappa shape index (κ2) is 9.11. The normalized spacial score (nSPS) is 12.2. The fourth-order valence-electron chi connectivity index (χ4n) is 1.55. The molecule has 136 valence electrons. The number of aromatic amines is 1. The number of H-pyrrole nitrogens is 1. The molecule has 0 aliphatic rings. The molecule has 0 saturated heterocycles. The van der Waals surface area contributed by atoms with Crippen LogP contribution < -0.4 is 15.8 Å². The summed E-state index contributed by atoms with van der Waals surface area (Å²) in [6.07, 6.45) is 1.14. The Morgan fingerprint density at radius 3 is 2.92 bits per heavy atom. The number of hydrogen-bond acceptors (Lipinski definition) is 6. The molecule has 8 nitrogen and oxygen atoms in total. The Kier molecular flexibility index (Phi) is 6.86. The van der Waals surface area contributed by atoms with Gasteiger partial charge in [0.2, 0.25) is 0 Å². The highest BCUT2D eigenvalue weighted by Gasteiger charge is 2.26. The standard InChI is InChI=1S/C13H16F3N7OS/c14-13(15,16)8-21-10(17)22-9-2-3-18-11(23-9)24-6-1-7-25-12-19-4-5-20-12/h2-5H,1,6-8H2,(H,19,20)(H3,17,18,21,22,23). The highest BCUT2D eigenvalue weighted by atomic mass is 32.2. The van der Waals surface area contributed by atoms with Gasteiger partial charge in [-0.25, -0.2) is 15.0 Å². The lowest BCUT2D eigenvalue weighted by Gasteiger charge is -2.08. The van der Waals surface area contributed by atoms with Crippen LogP contribution in [0.15, 0.2) is 34.8 Å². The zero-order chi connectivity index (χ0) is 18.1.